The van der Waals surface area contributed by atoms with E-state index in [0.29, 0.717) is 17.0 Å². The molecule has 0 aliphatic rings. The molecular formula is C19H20BrN3O2S2. The minimum atomic E-state index is -0.276. The highest BCUT2D eigenvalue weighted by atomic mass is 79.9. The first kappa shape index (κ1) is 20.1. The zero-order chi connectivity index (χ0) is 19.7. The average molecular weight is 466 g/mol. The summed E-state index contributed by atoms with van der Waals surface area (Å²) in [6.45, 7) is 7.76. The van der Waals surface area contributed by atoms with E-state index in [0.717, 1.165) is 31.0 Å². The topological polar surface area (TPSA) is 74.8 Å². The quantitative estimate of drug-likeness (QED) is 0.559. The normalized spacial score (nSPS) is 12.3. The van der Waals surface area contributed by atoms with Gasteiger partial charge < -0.3 is 10.3 Å². The molecular weight excluding hydrogens is 446 g/mol. The van der Waals surface area contributed by atoms with Gasteiger partial charge in [0.1, 0.15) is 10.7 Å². The van der Waals surface area contributed by atoms with Crippen molar-refractivity contribution in [1.29, 1.82) is 0 Å². The van der Waals surface area contributed by atoms with Gasteiger partial charge in [-0.1, -0.05) is 15.9 Å². The predicted molar refractivity (Wildman–Crippen MR) is 118 cm³/mol. The minimum Gasteiger partial charge on any atom is -0.325 e. The zero-order valence-electron chi connectivity index (χ0n) is 15.5. The molecule has 0 fully saturated rings. The molecule has 1 aromatic carbocycles. The molecule has 0 saturated carbocycles. The Morgan fingerprint density at radius 3 is 2.81 bits per heavy atom. The lowest BCUT2D eigenvalue weighted by molar-refractivity contribution is -0.115. The van der Waals surface area contributed by atoms with Gasteiger partial charge in [-0.25, -0.2) is 4.98 Å². The molecule has 0 radical (unpaired) electrons. The van der Waals surface area contributed by atoms with Crippen molar-refractivity contribution in [2.75, 3.05) is 5.32 Å². The first-order valence-electron chi connectivity index (χ1n) is 8.43. The van der Waals surface area contributed by atoms with E-state index in [9.17, 15) is 9.59 Å². The van der Waals surface area contributed by atoms with Crippen LogP contribution in [-0.4, -0.2) is 21.1 Å². The Hall–Kier alpha value is -1.64. The highest BCUT2D eigenvalue weighted by Gasteiger charge is 2.16. The number of nitrogens with zero attached hydrogens (tertiary/aromatic N) is 1. The van der Waals surface area contributed by atoms with Crippen LogP contribution in [0.2, 0.25) is 0 Å². The van der Waals surface area contributed by atoms with Crippen LogP contribution < -0.4 is 10.9 Å². The first-order valence-corrected chi connectivity index (χ1v) is 11.1. The molecule has 3 rings (SSSR count). The summed E-state index contributed by atoms with van der Waals surface area (Å²) in [6.07, 6.45) is 0. The lowest BCUT2D eigenvalue weighted by atomic mass is 10.2. The summed E-state index contributed by atoms with van der Waals surface area (Å²) >= 11 is 6.42. The number of benzene rings is 1. The van der Waals surface area contributed by atoms with Crippen molar-refractivity contribution in [3.8, 4) is 0 Å². The molecule has 0 bridgehead atoms. The summed E-state index contributed by atoms with van der Waals surface area (Å²) in [5.74, 6) is 0.987. The minimum absolute atomic E-state index is 0.0760. The third kappa shape index (κ3) is 4.44. The highest BCUT2D eigenvalue weighted by Crippen LogP contribution is 2.27. The van der Waals surface area contributed by atoms with Crippen molar-refractivity contribution < 1.29 is 4.79 Å². The van der Waals surface area contributed by atoms with Crippen molar-refractivity contribution >= 4 is 60.8 Å². The Morgan fingerprint density at radius 1 is 1.37 bits per heavy atom. The molecule has 1 unspecified atom stereocenters. The Bertz CT molecular complexity index is 1070. The fourth-order valence-electron chi connectivity index (χ4n) is 2.61. The second-order valence-corrected chi connectivity index (χ2v) is 9.77. The molecule has 0 aliphatic heterocycles. The number of thioether (sulfide) groups is 1. The predicted octanol–water partition coefficient (Wildman–Crippen LogP) is 4.93. The number of aromatic amines is 1. The fraction of sp³-hybridized carbons (Fsp3) is 0.316. The number of carbonyl (C=O) groups excluding carboxylic acids is 1. The summed E-state index contributed by atoms with van der Waals surface area (Å²) in [5, 5.41) is 3.32. The van der Waals surface area contributed by atoms with E-state index in [-0.39, 0.29) is 16.7 Å². The second kappa shape index (κ2) is 8.16. The molecule has 1 amide bonds. The van der Waals surface area contributed by atoms with Crippen LogP contribution in [0.5, 0.6) is 0 Å². The van der Waals surface area contributed by atoms with E-state index in [1.54, 1.807) is 0 Å². The molecule has 142 valence electrons. The molecule has 8 heteroatoms. The van der Waals surface area contributed by atoms with Crippen molar-refractivity contribution in [2.24, 2.45) is 0 Å². The van der Waals surface area contributed by atoms with Crippen molar-refractivity contribution in [2.45, 2.75) is 38.7 Å². The van der Waals surface area contributed by atoms with Gasteiger partial charge in [0.2, 0.25) is 5.91 Å². The van der Waals surface area contributed by atoms with Gasteiger partial charge in [0, 0.05) is 15.0 Å². The number of fused-ring (bicyclic) bond motifs is 1. The molecule has 2 N–H and O–H groups in total. The van der Waals surface area contributed by atoms with Gasteiger partial charge in [-0.2, -0.15) is 0 Å². The number of halogens is 1. The van der Waals surface area contributed by atoms with E-state index >= 15 is 0 Å². The molecule has 5 nitrogen and oxygen atoms in total. The number of aromatic nitrogens is 2. The number of carbonyl (C=O) groups is 1. The van der Waals surface area contributed by atoms with E-state index in [2.05, 4.69) is 31.2 Å². The van der Waals surface area contributed by atoms with Gasteiger partial charge in [0.25, 0.3) is 5.56 Å². The number of nitrogens with one attached hydrogen (secondary N) is 2. The van der Waals surface area contributed by atoms with E-state index in [4.69, 9.17) is 0 Å². The smallest absolute Gasteiger partial charge is 0.259 e. The number of anilines is 1. The average Bonchev–Trinajstić information content (AvgIpc) is 2.90. The van der Waals surface area contributed by atoms with Crippen LogP contribution in [0.25, 0.3) is 10.2 Å². The van der Waals surface area contributed by atoms with E-state index in [1.807, 2.05) is 45.9 Å². The lowest BCUT2D eigenvalue weighted by Crippen LogP contribution is -2.23. The molecule has 27 heavy (non-hydrogen) atoms. The number of hydrogen-bond acceptors (Lipinski definition) is 5. The summed E-state index contributed by atoms with van der Waals surface area (Å²) in [5.41, 5.74) is 2.70. The summed E-state index contributed by atoms with van der Waals surface area (Å²) in [7, 11) is 0. The SMILES string of the molecule is Cc1cc(NC(=O)C(C)SCc2nc3sc(C)c(C)c3c(=O)[nH]2)ccc1Br. The Morgan fingerprint density at radius 2 is 2.11 bits per heavy atom. The first-order chi connectivity index (χ1) is 12.8. The largest absolute Gasteiger partial charge is 0.325 e. The molecule has 2 aromatic heterocycles. The maximum absolute atomic E-state index is 12.4. The third-order valence-electron chi connectivity index (χ3n) is 4.35. The van der Waals surface area contributed by atoms with Crippen LogP contribution in [-0.2, 0) is 10.5 Å². The van der Waals surface area contributed by atoms with Crippen molar-refractivity contribution in [3.05, 3.63) is 54.9 Å². The number of thiophene rings is 1. The van der Waals surface area contributed by atoms with Crippen LogP contribution in [0.3, 0.4) is 0 Å². The van der Waals surface area contributed by atoms with Crippen LogP contribution >= 0.6 is 39.0 Å². The van der Waals surface area contributed by atoms with Crippen LogP contribution in [0.15, 0.2) is 27.5 Å². The van der Waals surface area contributed by atoms with Gasteiger partial charge in [-0.05, 0) is 57.0 Å². The molecule has 0 spiro atoms. The molecule has 1 atom stereocenters. The number of aryl methyl sites for hydroxylation is 3. The summed E-state index contributed by atoms with van der Waals surface area (Å²) in [6, 6.07) is 5.70. The van der Waals surface area contributed by atoms with Crippen molar-refractivity contribution in [1.82, 2.24) is 9.97 Å². The molecule has 2 heterocycles. The van der Waals surface area contributed by atoms with Gasteiger partial charge >= 0.3 is 0 Å². The Balaban J connectivity index is 1.67. The number of hydrogen-bond donors (Lipinski definition) is 2. The Labute approximate surface area is 174 Å². The summed E-state index contributed by atoms with van der Waals surface area (Å²) in [4.78, 5) is 34.0. The van der Waals surface area contributed by atoms with Gasteiger partial charge in [-0.15, -0.1) is 23.1 Å². The van der Waals surface area contributed by atoms with Crippen molar-refractivity contribution in [3.63, 3.8) is 0 Å². The van der Waals surface area contributed by atoms with Gasteiger partial charge in [-0.3, -0.25) is 9.59 Å². The number of amides is 1. The number of rotatable bonds is 5. The van der Waals surface area contributed by atoms with E-state index in [1.165, 1.54) is 23.1 Å². The molecule has 0 aliphatic carbocycles. The maximum atomic E-state index is 12.4. The molecule has 3 aromatic rings. The van der Waals surface area contributed by atoms with Crippen LogP contribution in [0, 0.1) is 20.8 Å². The fourth-order valence-corrected chi connectivity index (χ4v) is 4.66. The third-order valence-corrected chi connectivity index (χ3v) is 7.50. The Kier molecular flexibility index (Phi) is 6.08. The summed E-state index contributed by atoms with van der Waals surface area (Å²) < 4.78 is 1.01. The monoisotopic (exact) mass is 465 g/mol. The van der Waals surface area contributed by atoms with Crippen LogP contribution in [0.4, 0.5) is 5.69 Å². The second-order valence-electron chi connectivity index (χ2n) is 6.38. The zero-order valence-corrected chi connectivity index (χ0v) is 18.7. The maximum Gasteiger partial charge on any atom is 0.259 e. The highest BCUT2D eigenvalue weighted by molar-refractivity contribution is 9.10. The van der Waals surface area contributed by atoms with E-state index < -0.39 is 0 Å². The lowest BCUT2D eigenvalue weighted by Gasteiger charge is -2.12. The standard InChI is InChI=1S/C19H20BrN3O2S2/c1-9-7-13(5-6-14(9)20)21-17(24)12(4)26-8-15-22-18(25)16-10(2)11(3)27-19(16)23-15/h5-7,12H,8H2,1-4H3,(H,21,24)(H,22,23,25). The number of H-pyrrole nitrogens is 1. The van der Waals surface area contributed by atoms with Crippen LogP contribution in [0.1, 0.15) is 28.8 Å². The van der Waals surface area contributed by atoms with Gasteiger partial charge in [0.15, 0.2) is 0 Å². The van der Waals surface area contributed by atoms with Gasteiger partial charge in [0.05, 0.1) is 16.4 Å². The molecule has 0 saturated heterocycles.